The maximum atomic E-state index is 13.9. The highest BCUT2D eigenvalue weighted by atomic mass is 19.1. The van der Waals surface area contributed by atoms with Gasteiger partial charge in [0.1, 0.15) is 17.2 Å². The molecule has 2 amide bonds. The molecule has 0 aliphatic carbocycles. The summed E-state index contributed by atoms with van der Waals surface area (Å²) in [4.78, 5) is 32.6. The van der Waals surface area contributed by atoms with Gasteiger partial charge in [0.2, 0.25) is 5.91 Å². The average Bonchev–Trinajstić information content (AvgIpc) is 2.79. The Balaban J connectivity index is 1.24. The van der Waals surface area contributed by atoms with Crippen molar-refractivity contribution >= 4 is 22.7 Å². The summed E-state index contributed by atoms with van der Waals surface area (Å²) < 4.78 is 27.8. The van der Waals surface area contributed by atoms with Crippen LogP contribution in [0.1, 0.15) is 15.9 Å². The number of benzene rings is 2. The maximum Gasteiger partial charge on any atom is 0.259 e. The van der Waals surface area contributed by atoms with Crippen LogP contribution in [0.4, 0.5) is 8.78 Å². The number of fused-ring (bicyclic) bond motifs is 1. The average molecular weight is 438 g/mol. The Morgan fingerprint density at radius 1 is 0.938 bits per heavy atom. The molecule has 1 N–H and O–H groups in total. The van der Waals surface area contributed by atoms with Gasteiger partial charge in [0.05, 0.1) is 12.1 Å². The molecule has 4 rings (SSSR count). The number of hydrogen-bond acceptors (Lipinski definition) is 4. The second-order valence-corrected chi connectivity index (χ2v) is 7.76. The van der Waals surface area contributed by atoms with E-state index in [1.165, 1.54) is 11.0 Å². The number of amides is 2. The molecule has 3 aromatic rings. The highest BCUT2D eigenvalue weighted by molar-refractivity contribution is 5.94. The van der Waals surface area contributed by atoms with Gasteiger partial charge in [0, 0.05) is 44.3 Å². The van der Waals surface area contributed by atoms with Crippen molar-refractivity contribution in [2.45, 2.75) is 6.42 Å². The first-order chi connectivity index (χ1) is 15.5. The van der Waals surface area contributed by atoms with Gasteiger partial charge in [-0.3, -0.25) is 19.5 Å². The van der Waals surface area contributed by atoms with Crippen molar-refractivity contribution < 1.29 is 18.4 Å². The number of nitrogens with zero attached hydrogens (tertiary/aromatic N) is 3. The van der Waals surface area contributed by atoms with Crippen LogP contribution in [0.15, 0.2) is 54.7 Å². The molecular weight excluding hydrogens is 414 g/mol. The molecule has 166 valence electrons. The quantitative estimate of drug-likeness (QED) is 0.643. The number of piperazine rings is 1. The van der Waals surface area contributed by atoms with Crippen LogP contribution in [0.25, 0.3) is 10.9 Å². The van der Waals surface area contributed by atoms with Crippen molar-refractivity contribution in [3.05, 3.63) is 77.5 Å². The molecule has 2 aromatic carbocycles. The van der Waals surface area contributed by atoms with E-state index in [1.807, 2.05) is 35.2 Å². The van der Waals surface area contributed by atoms with Gasteiger partial charge >= 0.3 is 0 Å². The Labute approximate surface area is 184 Å². The fraction of sp³-hybridized carbons (Fsp3) is 0.292. The Hall–Kier alpha value is -3.39. The number of nitrogens with one attached hydrogen (secondary N) is 1. The van der Waals surface area contributed by atoms with Gasteiger partial charge < -0.3 is 10.2 Å². The zero-order chi connectivity index (χ0) is 22.5. The first-order valence-electron chi connectivity index (χ1n) is 10.6. The van der Waals surface area contributed by atoms with Gasteiger partial charge in [-0.05, 0) is 30.2 Å². The molecule has 0 radical (unpaired) electrons. The Morgan fingerprint density at radius 3 is 2.38 bits per heavy atom. The summed E-state index contributed by atoms with van der Waals surface area (Å²) in [5.41, 5.74) is 1.49. The number of pyridine rings is 1. The first kappa shape index (κ1) is 21.8. The predicted octanol–water partition coefficient (Wildman–Crippen LogP) is 2.63. The standard InChI is InChI=1S/C24H24F2N4O2/c25-19-7-2-8-20(26)22(19)24(32)30-14-12-29(13-15-30)16-21(31)27-11-9-18-5-1-4-17-6-3-10-28-23(17)18/h1-8,10H,9,11-16H2,(H,27,31). The van der Waals surface area contributed by atoms with Gasteiger partial charge in [-0.2, -0.15) is 0 Å². The van der Waals surface area contributed by atoms with E-state index in [2.05, 4.69) is 10.3 Å². The minimum atomic E-state index is -0.863. The minimum absolute atomic E-state index is 0.0990. The van der Waals surface area contributed by atoms with Crippen molar-refractivity contribution in [1.82, 2.24) is 20.1 Å². The zero-order valence-corrected chi connectivity index (χ0v) is 17.6. The fourth-order valence-corrected chi connectivity index (χ4v) is 3.93. The molecular formula is C24H24F2N4O2. The lowest BCUT2D eigenvalue weighted by molar-refractivity contribution is -0.122. The number of halogens is 2. The fourth-order valence-electron chi connectivity index (χ4n) is 3.93. The first-order valence-corrected chi connectivity index (χ1v) is 10.6. The molecule has 0 saturated carbocycles. The van der Waals surface area contributed by atoms with E-state index in [1.54, 1.807) is 6.20 Å². The van der Waals surface area contributed by atoms with Crippen LogP contribution in [-0.4, -0.2) is 65.9 Å². The maximum absolute atomic E-state index is 13.9. The molecule has 0 spiro atoms. The van der Waals surface area contributed by atoms with Gasteiger partial charge in [-0.15, -0.1) is 0 Å². The smallest absolute Gasteiger partial charge is 0.259 e. The molecule has 1 aliphatic rings. The SMILES string of the molecule is O=C(CN1CCN(C(=O)c2c(F)cccc2F)CC1)NCCc1cccc2cccnc12. The van der Waals surface area contributed by atoms with E-state index in [9.17, 15) is 18.4 Å². The Morgan fingerprint density at radius 2 is 1.62 bits per heavy atom. The number of carbonyl (C=O) groups excluding carboxylic acids is 2. The van der Waals surface area contributed by atoms with Crippen molar-refractivity contribution in [3.63, 3.8) is 0 Å². The normalized spacial score (nSPS) is 14.5. The Kier molecular flexibility index (Phi) is 6.70. The van der Waals surface area contributed by atoms with E-state index in [0.717, 1.165) is 28.6 Å². The third kappa shape index (κ3) is 4.91. The third-order valence-corrected chi connectivity index (χ3v) is 5.64. The van der Waals surface area contributed by atoms with Crippen LogP contribution < -0.4 is 5.32 Å². The monoisotopic (exact) mass is 438 g/mol. The van der Waals surface area contributed by atoms with E-state index >= 15 is 0 Å². The number of rotatable bonds is 6. The third-order valence-electron chi connectivity index (χ3n) is 5.64. The second-order valence-electron chi connectivity index (χ2n) is 7.76. The summed E-state index contributed by atoms with van der Waals surface area (Å²) in [6, 6.07) is 13.3. The molecule has 2 heterocycles. The molecule has 1 aliphatic heterocycles. The van der Waals surface area contributed by atoms with E-state index < -0.39 is 23.1 Å². The van der Waals surface area contributed by atoms with Crippen molar-refractivity contribution in [2.75, 3.05) is 39.3 Å². The highest BCUT2D eigenvalue weighted by Gasteiger charge is 2.27. The summed E-state index contributed by atoms with van der Waals surface area (Å²) in [6.45, 7) is 2.25. The van der Waals surface area contributed by atoms with Crippen LogP contribution in [-0.2, 0) is 11.2 Å². The molecule has 0 unspecified atom stereocenters. The summed E-state index contributed by atoms with van der Waals surface area (Å²) in [7, 11) is 0. The van der Waals surface area contributed by atoms with Crippen LogP contribution in [0.3, 0.4) is 0 Å². The summed E-state index contributed by atoms with van der Waals surface area (Å²) >= 11 is 0. The van der Waals surface area contributed by atoms with E-state index in [0.29, 0.717) is 39.1 Å². The van der Waals surface area contributed by atoms with Crippen LogP contribution in [0.2, 0.25) is 0 Å². The molecule has 1 aromatic heterocycles. The number of para-hydroxylation sites is 1. The molecule has 8 heteroatoms. The van der Waals surface area contributed by atoms with Gasteiger partial charge in [0.15, 0.2) is 0 Å². The predicted molar refractivity (Wildman–Crippen MR) is 117 cm³/mol. The lowest BCUT2D eigenvalue weighted by Gasteiger charge is -2.34. The zero-order valence-electron chi connectivity index (χ0n) is 17.6. The van der Waals surface area contributed by atoms with Crippen LogP contribution >= 0.6 is 0 Å². The lowest BCUT2D eigenvalue weighted by atomic mass is 10.1. The number of aromatic nitrogens is 1. The number of hydrogen-bond donors (Lipinski definition) is 1. The minimum Gasteiger partial charge on any atom is -0.355 e. The van der Waals surface area contributed by atoms with Crippen molar-refractivity contribution in [1.29, 1.82) is 0 Å². The van der Waals surface area contributed by atoms with Crippen LogP contribution in [0.5, 0.6) is 0 Å². The summed E-state index contributed by atoms with van der Waals surface area (Å²) in [5, 5.41) is 4.00. The molecule has 1 fully saturated rings. The largest absolute Gasteiger partial charge is 0.355 e. The van der Waals surface area contributed by atoms with Gasteiger partial charge in [0.25, 0.3) is 5.91 Å². The highest BCUT2D eigenvalue weighted by Crippen LogP contribution is 2.17. The summed E-state index contributed by atoms with van der Waals surface area (Å²) in [5.74, 6) is -2.48. The lowest BCUT2D eigenvalue weighted by Crippen LogP contribution is -2.51. The molecule has 6 nitrogen and oxygen atoms in total. The van der Waals surface area contributed by atoms with E-state index in [4.69, 9.17) is 0 Å². The van der Waals surface area contributed by atoms with E-state index in [-0.39, 0.29) is 12.5 Å². The molecule has 1 saturated heterocycles. The van der Waals surface area contributed by atoms with Gasteiger partial charge in [-0.1, -0.05) is 30.3 Å². The second kappa shape index (κ2) is 9.82. The van der Waals surface area contributed by atoms with Crippen LogP contribution in [0, 0.1) is 11.6 Å². The summed E-state index contributed by atoms with van der Waals surface area (Å²) in [6.07, 6.45) is 2.44. The molecule has 0 atom stereocenters. The molecule has 32 heavy (non-hydrogen) atoms. The van der Waals surface area contributed by atoms with Crippen molar-refractivity contribution in [2.24, 2.45) is 0 Å². The topological polar surface area (TPSA) is 65.5 Å². The Bertz CT molecular complexity index is 1100. The number of carbonyl (C=O) groups is 2. The van der Waals surface area contributed by atoms with Gasteiger partial charge in [-0.25, -0.2) is 8.78 Å². The molecule has 0 bridgehead atoms. The van der Waals surface area contributed by atoms with Crippen molar-refractivity contribution in [3.8, 4) is 0 Å².